The highest BCUT2D eigenvalue weighted by Gasteiger charge is 2.09. The number of fused-ring (bicyclic) bond motifs is 1. The van der Waals surface area contributed by atoms with Crippen molar-refractivity contribution >= 4 is 28.5 Å². The molecule has 0 saturated carbocycles. The first kappa shape index (κ1) is 12.6. The van der Waals surface area contributed by atoms with Crippen LogP contribution in [0.1, 0.15) is 10.4 Å². The summed E-state index contributed by atoms with van der Waals surface area (Å²) in [5, 5.41) is 10.5. The molecule has 98 valence electrons. The van der Waals surface area contributed by atoms with Crippen molar-refractivity contribution in [2.45, 2.75) is 0 Å². The number of aromatic carboxylic acids is 1. The third-order valence-corrected chi connectivity index (χ3v) is 3.26. The molecule has 0 radical (unpaired) electrons. The summed E-state index contributed by atoms with van der Waals surface area (Å²) < 4.78 is 0. The second-order valence-electron chi connectivity index (χ2n) is 4.42. The third-order valence-electron chi connectivity index (χ3n) is 3.04. The Kier molecular flexibility index (Phi) is 3.12. The van der Waals surface area contributed by atoms with Crippen molar-refractivity contribution in [2.24, 2.45) is 0 Å². The van der Waals surface area contributed by atoms with Gasteiger partial charge in [-0.25, -0.2) is 9.78 Å². The van der Waals surface area contributed by atoms with Gasteiger partial charge in [0.15, 0.2) is 0 Å². The summed E-state index contributed by atoms with van der Waals surface area (Å²) in [6, 6.07) is 16.3. The summed E-state index contributed by atoms with van der Waals surface area (Å²) >= 11 is 5.97. The number of hydrogen-bond acceptors (Lipinski definition) is 2. The molecule has 0 amide bonds. The van der Waals surface area contributed by atoms with Gasteiger partial charge in [-0.1, -0.05) is 35.9 Å². The molecule has 0 saturated heterocycles. The van der Waals surface area contributed by atoms with Crippen LogP contribution in [0.5, 0.6) is 0 Å². The van der Waals surface area contributed by atoms with Crippen molar-refractivity contribution in [3.8, 4) is 11.3 Å². The van der Waals surface area contributed by atoms with Crippen LogP contribution < -0.4 is 0 Å². The highest BCUT2D eigenvalue weighted by molar-refractivity contribution is 6.31. The fraction of sp³-hybridized carbons (Fsp3) is 0. The van der Waals surface area contributed by atoms with E-state index in [9.17, 15) is 4.79 Å². The molecule has 0 fully saturated rings. The van der Waals surface area contributed by atoms with Gasteiger partial charge in [-0.2, -0.15) is 0 Å². The van der Waals surface area contributed by atoms with E-state index < -0.39 is 5.97 Å². The van der Waals surface area contributed by atoms with Crippen molar-refractivity contribution in [3.05, 3.63) is 65.2 Å². The quantitative estimate of drug-likeness (QED) is 0.765. The number of nitrogens with zero attached hydrogens (tertiary/aromatic N) is 1. The number of hydrogen-bond donors (Lipinski definition) is 1. The highest BCUT2D eigenvalue weighted by atomic mass is 35.5. The van der Waals surface area contributed by atoms with Crippen LogP contribution in [0.4, 0.5) is 0 Å². The lowest BCUT2D eigenvalue weighted by atomic mass is 10.1. The first-order chi connectivity index (χ1) is 9.63. The maximum absolute atomic E-state index is 11.1. The van der Waals surface area contributed by atoms with E-state index in [-0.39, 0.29) is 5.56 Å². The van der Waals surface area contributed by atoms with Crippen LogP contribution >= 0.6 is 11.6 Å². The van der Waals surface area contributed by atoms with Crippen LogP contribution in [-0.4, -0.2) is 16.1 Å². The molecule has 0 spiro atoms. The molecule has 0 bridgehead atoms. The number of pyridine rings is 1. The first-order valence-corrected chi connectivity index (χ1v) is 6.41. The molecule has 0 atom stereocenters. The Bertz CT molecular complexity index is 814. The molecular weight excluding hydrogens is 274 g/mol. The fourth-order valence-electron chi connectivity index (χ4n) is 2.09. The first-order valence-electron chi connectivity index (χ1n) is 6.03. The van der Waals surface area contributed by atoms with Crippen molar-refractivity contribution in [3.63, 3.8) is 0 Å². The number of rotatable bonds is 2. The maximum atomic E-state index is 11.1. The summed E-state index contributed by atoms with van der Waals surface area (Å²) in [4.78, 5) is 15.6. The van der Waals surface area contributed by atoms with Crippen LogP contribution in [0.3, 0.4) is 0 Å². The molecular formula is C16H10ClNO2. The van der Waals surface area contributed by atoms with Gasteiger partial charge in [0, 0.05) is 16.0 Å². The van der Waals surface area contributed by atoms with E-state index in [4.69, 9.17) is 16.7 Å². The Morgan fingerprint density at radius 3 is 2.65 bits per heavy atom. The lowest BCUT2D eigenvalue weighted by Crippen LogP contribution is -1.97. The third kappa shape index (κ3) is 2.36. The minimum Gasteiger partial charge on any atom is -0.478 e. The molecule has 3 aromatic rings. The largest absolute Gasteiger partial charge is 0.478 e. The van der Waals surface area contributed by atoms with E-state index in [1.54, 1.807) is 12.1 Å². The van der Waals surface area contributed by atoms with Crippen LogP contribution in [0.25, 0.3) is 22.2 Å². The van der Waals surface area contributed by atoms with E-state index in [1.807, 2.05) is 36.4 Å². The van der Waals surface area contributed by atoms with Crippen LogP contribution in [-0.2, 0) is 0 Å². The zero-order chi connectivity index (χ0) is 14.1. The van der Waals surface area contributed by atoms with E-state index in [0.29, 0.717) is 16.3 Å². The average Bonchev–Trinajstić information content (AvgIpc) is 2.46. The van der Waals surface area contributed by atoms with Gasteiger partial charge in [-0.15, -0.1) is 0 Å². The van der Waals surface area contributed by atoms with Crippen LogP contribution in [0.2, 0.25) is 5.02 Å². The zero-order valence-corrected chi connectivity index (χ0v) is 11.1. The molecule has 0 aliphatic heterocycles. The standard InChI is InChI=1S/C16H10ClNO2/c17-13-8-11(7-12(9-13)16(19)20)15-6-5-10-3-1-2-4-14(10)18-15/h1-9H,(H,19,20). The Hall–Kier alpha value is -2.39. The molecule has 20 heavy (non-hydrogen) atoms. The molecule has 1 aromatic heterocycles. The predicted octanol–water partition coefficient (Wildman–Crippen LogP) is 4.25. The normalized spacial score (nSPS) is 10.7. The Balaban J connectivity index is 2.17. The summed E-state index contributed by atoms with van der Waals surface area (Å²) in [6.45, 7) is 0. The van der Waals surface area contributed by atoms with Gasteiger partial charge in [0.1, 0.15) is 0 Å². The summed E-state index contributed by atoms with van der Waals surface area (Å²) in [5.74, 6) is -1.01. The van der Waals surface area contributed by atoms with Gasteiger partial charge >= 0.3 is 5.97 Å². The van der Waals surface area contributed by atoms with Gasteiger partial charge in [0.05, 0.1) is 16.8 Å². The maximum Gasteiger partial charge on any atom is 0.335 e. The summed E-state index contributed by atoms with van der Waals surface area (Å²) in [5.41, 5.74) is 2.42. The van der Waals surface area contributed by atoms with Crippen LogP contribution in [0.15, 0.2) is 54.6 Å². The van der Waals surface area contributed by atoms with Gasteiger partial charge < -0.3 is 5.11 Å². The number of carboxylic acids is 1. The number of para-hydroxylation sites is 1. The number of aromatic nitrogens is 1. The van der Waals surface area contributed by atoms with E-state index in [1.165, 1.54) is 6.07 Å². The minimum absolute atomic E-state index is 0.155. The highest BCUT2D eigenvalue weighted by Crippen LogP contribution is 2.25. The van der Waals surface area contributed by atoms with Gasteiger partial charge in [0.25, 0.3) is 0 Å². The van der Waals surface area contributed by atoms with E-state index in [0.717, 1.165) is 10.9 Å². The molecule has 3 rings (SSSR count). The lowest BCUT2D eigenvalue weighted by molar-refractivity contribution is 0.0697. The number of carboxylic acid groups (broad SMARTS) is 1. The van der Waals surface area contributed by atoms with Crippen molar-refractivity contribution in [1.29, 1.82) is 0 Å². The second kappa shape index (κ2) is 4.94. The number of carbonyl (C=O) groups is 1. The Labute approximate surface area is 120 Å². The topological polar surface area (TPSA) is 50.2 Å². The minimum atomic E-state index is -1.01. The zero-order valence-electron chi connectivity index (χ0n) is 10.4. The lowest BCUT2D eigenvalue weighted by Gasteiger charge is -2.05. The molecule has 2 aromatic carbocycles. The second-order valence-corrected chi connectivity index (χ2v) is 4.86. The molecule has 0 unspecified atom stereocenters. The summed E-state index contributed by atoms with van der Waals surface area (Å²) in [7, 11) is 0. The van der Waals surface area contributed by atoms with Gasteiger partial charge in [0.2, 0.25) is 0 Å². The molecule has 3 nitrogen and oxygen atoms in total. The fourth-order valence-corrected chi connectivity index (χ4v) is 2.32. The molecule has 1 N–H and O–H groups in total. The smallest absolute Gasteiger partial charge is 0.335 e. The molecule has 0 aliphatic carbocycles. The van der Waals surface area contributed by atoms with Crippen molar-refractivity contribution < 1.29 is 9.90 Å². The molecule has 4 heteroatoms. The number of halogens is 1. The van der Waals surface area contributed by atoms with Crippen molar-refractivity contribution in [1.82, 2.24) is 4.98 Å². The van der Waals surface area contributed by atoms with Gasteiger partial charge in [-0.05, 0) is 30.3 Å². The molecule has 0 aliphatic rings. The molecule has 1 heterocycles. The average molecular weight is 284 g/mol. The SMILES string of the molecule is O=C(O)c1cc(Cl)cc(-c2ccc3ccccc3n2)c1. The van der Waals surface area contributed by atoms with Crippen molar-refractivity contribution in [2.75, 3.05) is 0 Å². The predicted molar refractivity (Wildman–Crippen MR) is 79.1 cm³/mol. The van der Waals surface area contributed by atoms with E-state index in [2.05, 4.69) is 4.98 Å². The Morgan fingerprint density at radius 2 is 1.85 bits per heavy atom. The Morgan fingerprint density at radius 1 is 1.05 bits per heavy atom. The number of benzene rings is 2. The van der Waals surface area contributed by atoms with Gasteiger partial charge in [-0.3, -0.25) is 0 Å². The summed E-state index contributed by atoms with van der Waals surface area (Å²) in [6.07, 6.45) is 0. The van der Waals surface area contributed by atoms with Crippen LogP contribution in [0, 0.1) is 0 Å². The monoisotopic (exact) mass is 283 g/mol. The van der Waals surface area contributed by atoms with E-state index >= 15 is 0 Å².